The maximum atomic E-state index is 13.4. The van der Waals surface area contributed by atoms with Gasteiger partial charge < -0.3 is 9.51 Å². The van der Waals surface area contributed by atoms with Crippen LogP contribution in [-0.4, -0.2) is 15.1 Å². The number of rotatable bonds is 1. The molecule has 4 nitrogen and oxygen atoms in total. The van der Waals surface area contributed by atoms with Crippen LogP contribution in [0.15, 0.2) is 28.8 Å². The van der Waals surface area contributed by atoms with Gasteiger partial charge in [0.25, 0.3) is 0 Å². The Labute approximate surface area is 90.1 Å². The number of hydrogen-bond acceptors (Lipinski definition) is 3. The van der Waals surface area contributed by atoms with Crippen molar-refractivity contribution in [3.8, 4) is 11.6 Å². The number of benzene rings is 1. The van der Waals surface area contributed by atoms with Crippen LogP contribution in [0.4, 0.5) is 4.39 Å². The minimum Gasteiger partial charge on any atom is -0.353 e. The van der Waals surface area contributed by atoms with Gasteiger partial charge in [-0.25, -0.2) is 9.37 Å². The van der Waals surface area contributed by atoms with Crippen molar-refractivity contribution in [1.29, 1.82) is 0 Å². The number of fused-ring (bicyclic) bond motifs is 1. The number of halogens is 1. The van der Waals surface area contributed by atoms with Gasteiger partial charge in [-0.05, 0) is 19.1 Å². The van der Waals surface area contributed by atoms with Crippen LogP contribution in [0.1, 0.15) is 5.69 Å². The fourth-order valence-electron chi connectivity index (χ4n) is 1.59. The standard InChI is InChI=1S/C11H8FN3O/c1-6-5-9(16-15-6)11-13-8-4-2-3-7(12)10(8)14-11/h2-5H,1H3,(H,13,14). The maximum Gasteiger partial charge on any atom is 0.202 e. The molecule has 1 N–H and O–H groups in total. The summed E-state index contributed by atoms with van der Waals surface area (Å²) < 4.78 is 18.4. The van der Waals surface area contributed by atoms with Crippen LogP contribution in [0.5, 0.6) is 0 Å². The fraction of sp³-hybridized carbons (Fsp3) is 0.0909. The van der Waals surface area contributed by atoms with Crippen LogP contribution >= 0.6 is 0 Å². The van der Waals surface area contributed by atoms with Gasteiger partial charge in [0.05, 0.1) is 11.2 Å². The van der Waals surface area contributed by atoms with Crippen LogP contribution in [-0.2, 0) is 0 Å². The zero-order valence-electron chi connectivity index (χ0n) is 8.49. The SMILES string of the molecule is Cc1cc(-c2nc3c(F)cccc3[nH]2)on1. The van der Waals surface area contributed by atoms with Gasteiger partial charge in [-0.2, -0.15) is 0 Å². The first-order valence-electron chi connectivity index (χ1n) is 4.82. The number of aromatic amines is 1. The second kappa shape index (κ2) is 3.16. The van der Waals surface area contributed by atoms with Gasteiger partial charge >= 0.3 is 0 Å². The number of imidazole rings is 1. The summed E-state index contributed by atoms with van der Waals surface area (Å²) in [6, 6.07) is 6.51. The molecular formula is C11H8FN3O. The highest BCUT2D eigenvalue weighted by atomic mass is 19.1. The molecule has 0 saturated carbocycles. The quantitative estimate of drug-likeness (QED) is 0.681. The molecule has 80 valence electrons. The van der Waals surface area contributed by atoms with E-state index in [4.69, 9.17) is 4.52 Å². The summed E-state index contributed by atoms with van der Waals surface area (Å²) in [6.45, 7) is 1.82. The first kappa shape index (κ1) is 9.08. The molecule has 0 radical (unpaired) electrons. The number of H-pyrrole nitrogens is 1. The second-order valence-corrected chi connectivity index (χ2v) is 3.55. The van der Waals surface area contributed by atoms with Gasteiger partial charge in [0.1, 0.15) is 5.52 Å². The zero-order chi connectivity index (χ0) is 11.1. The Morgan fingerprint density at radius 1 is 1.38 bits per heavy atom. The molecule has 16 heavy (non-hydrogen) atoms. The third kappa shape index (κ3) is 1.29. The lowest BCUT2D eigenvalue weighted by Crippen LogP contribution is -1.76. The van der Waals surface area contributed by atoms with E-state index in [0.29, 0.717) is 22.6 Å². The Morgan fingerprint density at radius 2 is 2.25 bits per heavy atom. The van der Waals surface area contributed by atoms with Crippen molar-refractivity contribution in [2.75, 3.05) is 0 Å². The average molecular weight is 217 g/mol. The van der Waals surface area contributed by atoms with Crippen molar-refractivity contribution >= 4 is 11.0 Å². The second-order valence-electron chi connectivity index (χ2n) is 3.55. The van der Waals surface area contributed by atoms with Crippen molar-refractivity contribution in [3.05, 3.63) is 35.8 Å². The summed E-state index contributed by atoms with van der Waals surface area (Å²) in [7, 11) is 0. The first-order valence-corrected chi connectivity index (χ1v) is 4.82. The number of nitrogens with one attached hydrogen (secondary N) is 1. The molecule has 0 bridgehead atoms. The Balaban J connectivity index is 2.22. The van der Waals surface area contributed by atoms with Crippen molar-refractivity contribution < 1.29 is 8.91 Å². The monoisotopic (exact) mass is 217 g/mol. The van der Waals surface area contributed by atoms with Gasteiger partial charge in [0, 0.05) is 6.07 Å². The molecule has 0 aliphatic heterocycles. The number of nitrogens with zero attached hydrogens (tertiary/aromatic N) is 2. The summed E-state index contributed by atoms with van der Waals surface area (Å²) >= 11 is 0. The molecule has 0 amide bonds. The van der Waals surface area contributed by atoms with Crippen molar-refractivity contribution in [2.24, 2.45) is 0 Å². The largest absolute Gasteiger partial charge is 0.353 e. The summed E-state index contributed by atoms with van der Waals surface area (Å²) in [5, 5.41) is 3.76. The summed E-state index contributed by atoms with van der Waals surface area (Å²) in [5.74, 6) is 0.644. The number of hydrogen-bond donors (Lipinski definition) is 1. The molecule has 0 atom stereocenters. The summed E-state index contributed by atoms with van der Waals surface area (Å²) in [5.41, 5.74) is 1.71. The van der Waals surface area contributed by atoms with Gasteiger partial charge in [-0.15, -0.1) is 0 Å². The van der Waals surface area contributed by atoms with E-state index >= 15 is 0 Å². The summed E-state index contributed by atoms with van der Waals surface area (Å²) in [6.07, 6.45) is 0. The molecule has 0 spiro atoms. The van der Waals surface area contributed by atoms with E-state index in [1.807, 2.05) is 6.92 Å². The van der Waals surface area contributed by atoms with Gasteiger partial charge in [0.15, 0.2) is 11.6 Å². The predicted octanol–water partition coefficient (Wildman–Crippen LogP) is 2.67. The average Bonchev–Trinajstić information content (AvgIpc) is 2.84. The molecular weight excluding hydrogens is 209 g/mol. The van der Waals surface area contributed by atoms with Crippen LogP contribution in [0.25, 0.3) is 22.6 Å². The highest BCUT2D eigenvalue weighted by molar-refractivity contribution is 5.78. The van der Waals surface area contributed by atoms with Crippen LogP contribution in [0, 0.1) is 12.7 Å². The highest BCUT2D eigenvalue weighted by Gasteiger charge is 2.11. The van der Waals surface area contributed by atoms with E-state index < -0.39 is 0 Å². The van der Waals surface area contributed by atoms with Gasteiger partial charge in [0.2, 0.25) is 5.76 Å². The van der Waals surface area contributed by atoms with Crippen LogP contribution in [0.3, 0.4) is 0 Å². The molecule has 3 aromatic rings. The van der Waals surface area contributed by atoms with E-state index in [-0.39, 0.29) is 5.82 Å². The van der Waals surface area contributed by atoms with Crippen LogP contribution < -0.4 is 0 Å². The Morgan fingerprint density at radius 3 is 2.94 bits per heavy atom. The van der Waals surface area contributed by atoms with Gasteiger partial charge in [-0.3, -0.25) is 0 Å². The molecule has 0 fully saturated rings. The topological polar surface area (TPSA) is 54.7 Å². The third-order valence-corrected chi connectivity index (χ3v) is 2.32. The molecule has 0 unspecified atom stereocenters. The van der Waals surface area contributed by atoms with E-state index in [2.05, 4.69) is 15.1 Å². The first-order chi connectivity index (χ1) is 7.74. The Kier molecular flexibility index (Phi) is 1.80. The normalized spacial score (nSPS) is 11.1. The Hall–Kier alpha value is -2.17. The smallest absolute Gasteiger partial charge is 0.202 e. The number of aromatic nitrogens is 3. The molecule has 2 heterocycles. The molecule has 0 saturated heterocycles. The van der Waals surface area contributed by atoms with Crippen molar-refractivity contribution in [3.63, 3.8) is 0 Å². The number of aryl methyl sites for hydroxylation is 1. The van der Waals surface area contributed by atoms with E-state index in [1.165, 1.54) is 6.07 Å². The minimum absolute atomic E-state index is 0.312. The van der Waals surface area contributed by atoms with Gasteiger partial charge in [-0.1, -0.05) is 11.2 Å². The lowest BCUT2D eigenvalue weighted by molar-refractivity contribution is 0.425. The maximum absolute atomic E-state index is 13.4. The molecule has 1 aromatic carbocycles. The highest BCUT2D eigenvalue weighted by Crippen LogP contribution is 2.22. The minimum atomic E-state index is -0.351. The number of para-hydroxylation sites is 1. The summed E-state index contributed by atoms with van der Waals surface area (Å²) in [4.78, 5) is 7.11. The van der Waals surface area contributed by atoms with E-state index in [9.17, 15) is 4.39 Å². The fourth-order valence-corrected chi connectivity index (χ4v) is 1.59. The predicted molar refractivity (Wildman–Crippen MR) is 56.3 cm³/mol. The lowest BCUT2D eigenvalue weighted by atomic mass is 10.3. The van der Waals surface area contributed by atoms with Crippen molar-refractivity contribution in [1.82, 2.24) is 15.1 Å². The Bertz CT molecular complexity index is 656. The van der Waals surface area contributed by atoms with E-state index in [0.717, 1.165) is 5.69 Å². The van der Waals surface area contributed by atoms with Crippen molar-refractivity contribution in [2.45, 2.75) is 6.92 Å². The third-order valence-electron chi connectivity index (χ3n) is 2.32. The molecule has 3 rings (SSSR count). The molecule has 2 aromatic heterocycles. The lowest BCUT2D eigenvalue weighted by Gasteiger charge is -1.86. The zero-order valence-corrected chi connectivity index (χ0v) is 8.49. The molecule has 5 heteroatoms. The molecule has 0 aliphatic carbocycles. The van der Waals surface area contributed by atoms with Crippen LogP contribution in [0.2, 0.25) is 0 Å². The van der Waals surface area contributed by atoms with E-state index in [1.54, 1.807) is 18.2 Å². The molecule has 0 aliphatic rings.